The van der Waals surface area contributed by atoms with Crippen LogP contribution in [-0.2, 0) is 0 Å². The summed E-state index contributed by atoms with van der Waals surface area (Å²) in [5, 5.41) is 8.02. The van der Waals surface area contributed by atoms with Gasteiger partial charge in [-0.15, -0.1) is 10.2 Å². The lowest BCUT2D eigenvalue weighted by Crippen LogP contribution is -2.11. The molecule has 0 amide bonds. The van der Waals surface area contributed by atoms with Crippen molar-refractivity contribution in [3.63, 3.8) is 0 Å². The Morgan fingerprint density at radius 2 is 1.76 bits per heavy atom. The van der Waals surface area contributed by atoms with Crippen LogP contribution in [0.4, 0.5) is 4.39 Å². The first-order valence-corrected chi connectivity index (χ1v) is 6.36. The number of halogens is 1. The van der Waals surface area contributed by atoms with Crippen molar-refractivity contribution in [2.75, 3.05) is 0 Å². The molecule has 21 heavy (non-hydrogen) atoms. The number of benzene rings is 2. The fourth-order valence-electron chi connectivity index (χ4n) is 2.40. The molecule has 0 fully saturated rings. The summed E-state index contributed by atoms with van der Waals surface area (Å²) in [4.78, 5) is 14.8. The number of nitrogens with zero attached hydrogens (tertiary/aromatic N) is 3. The second-order valence-electron chi connectivity index (χ2n) is 4.66. The van der Waals surface area contributed by atoms with Crippen LogP contribution in [0.2, 0.25) is 0 Å². The lowest BCUT2D eigenvalue weighted by molar-refractivity contribution is 0.628. The number of para-hydroxylation sites is 2. The molecule has 2 aromatic heterocycles. The van der Waals surface area contributed by atoms with Crippen LogP contribution in [0.15, 0.2) is 53.3 Å². The number of fused-ring (bicyclic) bond motifs is 3. The van der Waals surface area contributed by atoms with Crippen LogP contribution in [0.5, 0.6) is 0 Å². The predicted molar refractivity (Wildman–Crippen MR) is 76.5 cm³/mol. The lowest BCUT2D eigenvalue weighted by atomic mass is 10.2. The Hall–Kier alpha value is -3.02. The third-order valence-electron chi connectivity index (χ3n) is 3.36. The Morgan fingerprint density at radius 3 is 2.57 bits per heavy atom. The highest BCUT2D eigenvalue weighted by Crippen LogP contribution is 2.21. The van der Waals surface area contributed by atoms with Gasteiger partial charge in [0.2, 0.25) is 5.65 Å². The fraction of sp³-hybridized carbons (Fsp3) is 0. The zero-order valence-corrected chi connectivity index (χ0v) is 10.7. The SMILES string of the molecule is O=c1[nH]c2ccccc2n2c(-c3ccc(F)cc3)nnc12. The van der Waals surface area contributed by atoms with Crippen LogP contribution < -0.4 is 5.56 Å². The van der Waals surface area contributed by atoms with Crippen molar-refractivity contribution in [1.82, 2.24) is 19.6 Å². The number of aromatic amines is 1. The minimum Gasteiger partial charge on any atom is -0.317 e. The van der Waals surface area contributed by atoms with Gasteiger partial charge in [-0.3, -0.25) is 9.20 Å². The first-order chi connectivity index (χ1) is 10.2. The van der Waals surface area contributed by atoms with Gasteiger partial charge in [0.1, 0.15) is 5.82 Å². The van der Waals surface area contributed by atoms with Gasteiger partial charge in [0.25, 0.3) is 5.56 Å². The number of aromatic nitrogens is 4. The number of H-pyrrole nitrogens is 1. The van der Waals surface area contributed by atoms with E-state index in [-0.39, 0.29) is 17.0 Å². The summed E-state index contributed by atoms with van der Waals surface area (Å²) >= 11 is 0. The Kier molecular flexibility index (Phi) is 2.38. The van der Waals surface area contributed by atoms with Crippen molar-refractivity contribution in [2.45, 2.75) is 0 Å². The molecule has 4 aromatic rings. The highest BCUT2D eigenvalue weighted by molar-refractivity contribution is 5.79. The van der Waals surface area contributed by atoms with E-state index in [1.807, 2.05) is 24.3 Å². The van der Waals surface area contributed by atoms with Gasteiger partial charge in [0.15, 0.2) is 5.82 Å². The van der Waals surface area contributed by atoms with E-state index in [4.69, 9.17) is 0 Å². The summed E-state index contributed by atoms with van der Waals surface area (Å²) in [5.41, 5.74) is 2.08. The van der Waals surface area contributed by atoms with E-state index in [0.29, 0.717) is 16.9 Å². The van der Waals surface area contributed by atoms with Gasteiger partial charge in [-0.2, -0.15) is 0 Å². The van der Waals surface area contributed by atoms with Crippen LogP contribution in [-0.4, -0.2) is 19.6 Å². The second kappa shape index (κ2) is 4.24. The topological polar surface area (TPSA) is 63.0 Å². The monoisotopic (exact) mass is 280 g/mol. The third kappa shape index (κ3) is 1.73. The molecular weight excluding hydrogens is 271 g/mol. The molecule has 0 aliphatic rings. The average molecular weight is 280 g/mol. The molecule has 6 heteroatoms. The van der Waals surface area contributed by atoms with Crippen LogP contribution in [0.1, 0.15) is 0 Å². The molecule has 5 nitrogen and oxygen atoms in total. The molecule has 4 rings (SSSR count). The maximum atomic E-state index is 13.1. The standard InChI is InChI=1S/C15H9FN4O/c16-10-7-5-9(6-8-10)13-18-19-14-15(21)17-11-3-1-2-4-12(11)20(13)14/h1-8H,(H,17,21). The third-order valence-corrected chi connectivity index (χ3v) is 3.36. The summed E-state index contributed by atoms with van der Waals surface area (Å²) in [5.74, 6) is 0.183. The van der Waals surface area contributed by atoms with E-state index < -0.39 is 0 Å². The molecule has 0 aliphatic heterocycles. The minimum absolute atomic E-state index is 0.216. The molecular formula is C15H9FN4O. The minimum atomic E-state index is -0.324. The molecule has 0 atom stereocenters. The summed E-state index contributed by atoms with van der Waals surface area (Å²) < 4.78 is 14.7. The molecule has 2 aromatic carbocycles. The van der Waals surface area contributed by atoms with Crippen LogP contribution >= 0.6 is 0 Å². The number of nitrogens with one attached hydrogen (secondary N) is 1. The number of hydrogen-bond donors (Lipinski definition) is 1. The molecule has 0 bridgehead atoms. The highest BCUT2D eigenvalue weighted by Gasteiger charge is 2.13. The second-order valence-corrected chi connectivity index (χ2v) is 4.66. The molecule has 0 saturated heterocycles. The smallest absolute Gasteiger partial charge is 0.294 e. The molecule has 0 saturated carbocycles. The molecule has 0 unspecified atom stereocenters. The van der Waals surface area contributed by atoms with Crippen molar-refractivity contribution < 1.29 is 4.39 Å². The predicted octanol–water partition coefficient (Wildman–Crippen LogP) is 2.38. The molecule has 0 spiro atoms. The highest BCUT2D eigenvalue weighted by atomic mass is 19.1. The largest absolute Gasteiger partial charge is 0.317 e. The number of hydrogen-bond acceptors (Lipinski definition) is 3. The van der Waals surface area contributed by atoms with E-state index in [1.54, 1.807) is 16.5 Å². The van der Waals surface area contributed by atoms with Gasteiger partial charge in [0.05, 0.1) is 11.0 Å². The van der Waals surface area contributed by atoms with Crippen LogP contribution in [0.25, 0.3) is 28.1 Å². The maximum Gasteiger partial charge on any atom is 0.294 e. The van der Waals surface area contributed by atoms with E-state index in [1.165, 1.54) is 12.1 Å². The maximum absolute atomic E-state index is 13.1. The zero-order chi connectivity index (χ0) is 14.4. The summed E-state index contributed by atoms with van der Waals surface area (Å²) in [6.07, 6.45) is 0. The van der Waals surface area contributed by atoms with Crippen LogP contribution in [0.3, 0.4) is 0 Å². The lowest BCUT2D eigenvalue weighted by Gasteiger charge is -2.04. The van der Waals surface area contributed by atoms with Crippen molar-refractivity contribution in [3.8, 4) is 11.4 Å². The van der Waals surface area contributed by atoms with Crippen molar-refractivity contribution in [3.05, 3.63) is 64.7 Å². The number of rotatable bonds is 1. The summed E-state index contributed by atoms with van der Waals surface area (Å²) in [6, 6.07) is 13.3. The first kappa shape index (κ1) is 11.8. The van der Waals surface area contributed by atoms with Gasteiger partial charge >= 0.3 is 0 Å². The molecule has 102 valence electrons. The average Bonchev–Trinajstić information content (AvgIpc) is 2.94. The molecule has 2 heterocycles. The van der Waals surface area contributed by atoms with Gasteiger partial charge < -0.3 is 4.98 Å². The Morgan fingerprint density at radius 1 is 1.00 bits per heavy atom. The van der Waals surface area contributed by atoms with Gasteiger partial charge in [-0.25, -0.2) is 4.39 Å². The summed E-state index contributed by atoms with van der Waals surface area (Å²) in [6.45, 7) is 0. The molecule has 0 aliphatic carbocycles. The first-order valence-electron chi connectivity index (χ1n) is 6.36. The van der Waals surface area contributed by atoms with Gasteiger partial charge in [0, 0.05) is 5.56 Å². The fourth-order valence-corrected chi connectivity index (χ4v) is 2.40. The molecule has 0 radical (unpaired) electrons. The normalized spacial score (nSPS) is 11.3. The van der Waals surface area contributed by atoms with E-state index in [0.717, 1.165) is 5.52 Å². The van der Waals surface area contributed by atoms with Crippen molar-refractivity contribution >= 4 is 16.7 Å². The Labute approximate surface area is 117 Å². The molecule has 1 N–H and O–H groups in total. The van der Waals surface area contributed by atoms with Crippen molar-refractivity contribution in [2.24, 2.45) is 0 Å². The van der Waals surface area contributed by atoms with E-state index in [2.05, 4.69) is 15.2 Å². The summed E-state index contributed by atoms with van der Waals surface area (Å²) in [7, 11) is 0. The van der Waals surface area contributed by atoms with Gasteiger partial charge in [-0.05, 0) is 36.4 Å². The quantitative estimate of drug-likeness (QED) is 0.582. The van der Waals surface area contributed by atoms with Gasteiger partial charge in [-0.1, -0.05) is 12.1 Å². The Balaban J connectivity index is 2.15. The van der Waals surface area contributed by atoms with Crippen LogP contribution in [0, 0.1) is 5.82 Å². The van der Waals surface area contributed by atoms with Crippen molar-refractivity contribution in [1.29, 1.82) is 0 Å². The Bertz CT molecular complexity index is 1020. The van der Waals surface area contributed by atoms with E-state index in [9.17, 15) is 9.18 Å². The van der Waals surface area contributed by atoms with E-state index >= 15 is 0 Å². The zero-order valence-electron chi connectivity index (χ0n) is 10.7.